The zero-order valence-corrected chi connectivity index (χ0v) is 14.0. The van der Waals surface area contributed by atoms with Crippen LogP contribution in [-0.4, -0.2) is 35.3 Å². The van der Waals surface area contributed by atoms with Crippen molar-refractivity contribution in [2.75, 3.05) is 13.2 Å². The van der Waals surface area contributed by atoms with E-state index < -0.39 is 29.7 Å². The summed E-state index contributed by atoms with van der Waals surface area (Å²) < 4.78 is 49.8. The lowest BCUT2D eigenvalue weighted by atomic mass is 9.69. The van der Waals surface area contributed by atoms with Gasteiger partial charge in [-0.2, -0.15) is 13.2 Å². The normalized spacial score (nSPS) is 34.2. The second-order valence-electron chi connectivity index (χ2n) is 7.33. The molecule has 7 heteroatoms. The van der Waals surface area contributed by atoms with Crippen molar-refractivity contribution < 1.29 is 32.9 Å². The highest BCUT2D eigenvalue weighted by Crippen LogP contribution is 2.59. The number of rotatable bonds is 3. The summed E-state index contributed by atoms with van der Waals surface area (Å²) in [7, 11) is 0. The molecule has 1 aliphatic heterocycles. The Kier molecular flexibility index (Phi) is 4.38. The number of ether oxygens (including phenoxy) is 2. The van der Waals surface area contributed by atoms with E-state index in [1.165, 1.54) is 18.2 Å². The average Bonchev–Trinajstić information content (AvgIpc) is 3.18. The summed E-state index contributed by atoms with van der Waals surface area (Å²) in [6, 6.07) is 4.64. The van der Waals surface area contributed by atoms with Crippen LogP contribution in [0.4, 0.5) is 13.2 Å². The first-order valence-electron chi connectivity index (χ1n) is 8.80. The maximum absolute atomic E-state index is 12.8. The highest BCUT2D eigenvalue weighted by molar-refractivity contribution is 5.29. The summed E-state index contributed by atoms with van der Waals surface area (Å²) in [5, 5.41) is 20.7. The Hall–Kier alpha value is -1.41. The Morgan fingerprint density at radius 2 is 1.96 bits per heavy atom. The molecule has 2 N–H and O–H groups in total. The number of aliphatic hydroxyl groups is 2. The molecule has 2 saturated carbocycles. The smallest absolute Gasteiger partial charge is 0.392 e. The van der Waals surface area contributed by atoms with Gasteiger partial charge >= 0.3 is 6.18 Å². The van der Waals surface area contributed by atoms with Gasteiger partial charge in [-0.3, -0.25) is 0 Å². The third kappa shape index (κ3) is 2.97. The van der Waals surface area contributed by atoms with E-state index >= 15 is 0 Å². The average molecular weight is 370 g/mol. The van der Waals surface area contributed by atoms with Gasteiger partial charge < -0.3 is 19.7 Å². The molecule has 1 aromatic carbocycles. The van der Waals surface area contributed by atoms with Gasteiger partial charge in [-0.1, -0.05) is 24.3 Å². The van der Waals surface area contributed by atoms with Crippen LogP contribution < -0.4 is 0 Å². The van der Waals surface area contributed by atoms with Crippen LogP contribution in [0.25, 0.3) is 0 Å². The van der Waals surface area contributed by atoms with Gasteiger partial charge in [0.15, 0.2) is 5.79 Å². The molecular formula is C19H21F3O4. The summed E-state index contributed by atoms with van der Waals surface area (Å²) in [5.41, 5.74) is -0.621. The number of benzene rings is 1. The van der Waals surface area contributed by atoms with Gasteiger partial charge in [0.05, 0.1) is 31.0 Å². The third-order valence-electron chi connectivity index (χ3n) is 5.88. The summed E-state index contributed by atoms with van der Waals surface area (Å²) in [6.07, 6.45) is -1.65. The van der Waals surface area contributed by atoms with E-state index in [-0.39, 0.29) is 23.3 Å². The molecular weight excluding hydrogens is 349 g/mol. The second-order valence-corrected chi connectivity index (χ2v) is 7.33. The summed E-state index contributed by atoms with van der Waals surface area (Å²) in [4.78, 5) is 0. The Balaban J connectivity index is 1.44. The van der Waals surface area contributed by atoms with Crippen molar-refractivity contribution >= 4 is 0 Å². The Morgan fingerprint density at radius 1 is 1.23 bits per heavy atom. The molecule has 142 valence electrons. The Bertz CT molecular complexity index is 696. The third-order valence-corrected chi connectivity index (χ3v) is 5.88. The molecule has 5 atom stereocenters. The van der Waals surface area contributed by atoms with E-state index in [0.717, 1.165) is 12.1 Å². The molecule has 3 fully saturated rings. The van der Waals surface area contributed by atoms with Crippen LogP contribution >= 0.6 is 0 Å². The molecule has 1 aromatic rings. The van der Waals surface area contributed by atoms with E-state index in [2.05, 4.69) is 0 Å². The van der Waals surface area contributed by atoms with Crippen LogP contribution in [0.5, 0.6) is 0 Å². The molecule has 0 radical (unpaired) electrons. The summed E-state index contributed by atoms with van der Waals surface area (Å²) in [5.74, 6) is -0.500. The highest BCUT2D eigenvalue weighted by atomic mass is 19.4. The van der Waals surface area contributed by atoms with E-state index in [4.69, 9.17) is 9.47 Å². The molecule has 2 aliphatic carbocycles. The van der Waals surface area contributed by atoms with Crippen molar-refractivity contribution in [2.24, 2.45) is 17.8 Å². The largest absolute Gasteiger partial charge is 0.416 e. The quantitative estimate of drug-likeness (QED) is 0.803. The van der Waals surface area contributed by atoms with Crippen molar-refractivity contribution in [3.05, 3.63) is 47.5 Å². The molecule has 1 saturated heterocycles. The SMILES string of the molecule is OC(C=CC1C[C@H]2[C@@H](CC23OCCO3)C1O)c1cccc(C(F)(F)F)c1. The van der Waals surface area contributed by atoms with Gasteiger partial charge in [0.2, 0.25) is 0 Å². The van der Waals surface area contributed by atoms with E-state index in [0.29, 0.717) is 26.1 Å². The fourth-order valence-electron chi connectivity index (χ4n) is 4.50. The lowest BCUT2D eigenvalue weighted by Gasteiger charge is -2.48. The molecule has 4 rings (SSSR count). The number of halogens is 3. The summed E-state index contributed by atoms with van der Waals surface area (Å²) >= 11 is 0. The van der Waals surface area contributed by atoms with Crippen molar-refractivity contribution in [2.45, 2.75) is 37.0 Å². The van der Waals surface area contributed by atoms with Gasteiger partial charge in [-0.25, -0.2) is 0 Å². The first kappa shape index (κ1) is 18.0. The molecule has 3 unspecified atom stereocenters. The van der Waals surface area contributed by atoms with Gasteiger partial charge in [-0.05, 0) is 30.0 Å². The van der Waals surface area contributed by atoms with Crippen LogP contribution in [0.3, 0.4) is 0 Å². The van der Waals surface area contributed by atoms with Crippen LogP contribution in [-0.2, 0) is 15.7 Å². The van der Waals surface area contributed by atoms with Gasteiger partial charge in [0.25, 0.3) is 0 Å². The highest BCUT2D eigenvalue weighted by Gasteiger charge is 2.64. The number of hydrogen-bond donors (Lipinski definition) is 2. The number of aliphatic hydroxyl groups excluding tert-OH is 2. The minimum Gasteiger partial charge on any atom is -0.392 e. The van der Waals surface area contributed by atoms with Crippen LogP contribution in [0.15, 0.2) is 36.4 Å². The zero-order valence-electron chi connectivity index (χ0n) is 14.0. The molecule has 4 nitrogen and oxygen atoms in total. The van der Waals surface area contributed by atoms with Crippen LogP contribution in [0.1, 0.15) is 30.1 Å². The van der Waals surface area contributed by atoms with Crippen molar-refractivity contribution in [3.8, 4) is 0 Å². The molecule has 1 spiro atoms. The zero-order chi connectivity index (χ0) is 18.5. The lowest BCUT2D eigenvalue weighted by Crippen LogP contribution is -2.54. The number of alkyl halides is 3. The van der Waals surface area contributed by atoms with Crippen molar-refractivity contribution in [3.63, 3.8) is 0 Å². The van der Waals surface area contributed by atoms with Crippen molar-refractivity contribution in [1.82, 2.24) is 0 Å². The maximum atomic E-state index is 12.8. The van der Waals surface area contributed by atoms with Gasteiger partial charge in [0, 0.05) is 18.3 Å². The minimum absolute atomic E-state index is 0.105. The Labute approximate surface area is 149 Å². The van der Waals surface area contributed by atoms with E-state index in [1.807, 2.05) is 0 Å². The Morgan fingerprint density at radius 3 is 2.65 bits per heavy atom. The monoisotopic (exact) mass is 370 g/mol. The molecule has 0 amide bonds. The standard InChI is InChI=1S/C19H21F3O4/c20-19(21,22)13-3-1-2-11(8-13)16(23)5-4-12-9-15-14(17(12)24)10-18(15)25-6-7-26-18/h1-5,8,12,14-17,23-24H,6-7,9-10H2/t12?,14-,15+,16?,17?/m1/s1. The minimum atomic E-state index is -4.45. The van der Waals surface area contributed by atoms with Crippen molar-refractivity contribution in [1.29, 1.82) is 0 Å². The predicted octanol–water partition coefficient (Wildman–Crippen LogP) is 3.06. The fraction of sp³-hybridized carbons (Fsp3) is 0.579. The molecule has 3 aliphatic rings. The molecule has 26 heavy (non-hydrogen) atoms. The molecule has 0 aromatic heterocycles. The van der Waals surface area contributed by atoms with E-state index in [9.17, 15) is 23.4 Å². The van der Waals surface area contributed by atoms with Gasteiger partial charge in [-0.15, -0.1) is 0 Å². The van der Waals surface area contributed by atoms with Crippen LogP contribution in [0, 0.1) is 17.8 Å². The lowest BCUT2D eigenvalue weighted by molar-refractivity contribution is -0.275. The fourth-order valence-corrected chi connectivity index (χ4v) is 4.50. The molecule has 0 bridgehead atoms. The summed E-state index contributed by atoms with van der Waals surface area (Å²) in [6.45, 7) is 1.13. The van der Waals surface area contributed by atoms with E-state index in [1.54, 1.807) is 6.08 Å². The predicted molar refractivity (Wildman–Crippen MR) is 85.9 cm³/mol. The second kappa shape index (κ2) is 6.34. The van der Waals surface area contributed by atoms with Crippen LogP contribution in [0.2, 0.25) is 0 Å². The maximum Gasteiger partial charge on any atom is 0.416 e. The number of fused-ring (bicyclic) bond motifs is 2. The molecule has 1 heterocycles. The first-order valence-corrected chi connectivity index (χ1v) is 8.80. The van der Waals surface area contributed by atoms with Gasteiger partial charge in [0.1, 0.15) is 0 Å². The topological polar surface area (TPSA) is 58.9 Å². The first-order chi connectivity index (χ1) is 12.3. The number of hydrogen-bond acceptors (Lipinski definition) is 4.